The van der Waals surface area contributed by atoms with Crippen LogP contribution in [0.4, 0.5) is 11.4 Å². The van der Waals surface area contributed by atoms with Crippen molar-refractivity contribution in [2.24, 2.45) is 9.98 Å². The number of carbonyl (C=O) groups is 2. The van der Waals surface area contributed by atoms with Gasteiger partial charge in [-0.3, -0.25) is 9.98 Å². The number of nitrogens with zero attached hydrogens (tertiary/aromatic N) is 2. The molecule has 0 radical (unpaired) electrons. The molecule has 2 aliphatic heterocycles. The minimum Gasteiger partial charge on any atom is -0.533 e. The molecule has 2 aliphatic rings. The summed E-state index contributed by atoms with van der Waals surface area (Å²) in [7, 11) is -0.236. The number of methoxy groups -OCH3 is 2. The zero-order valence-electron chi connectivity index (χ0n) is 34.9. The number of aromatic hydroxyl groups is 1. The van der Waals surface area contributed by atoms with Crippen molar-refractivity contribution >= 4 is 78.0 Å². The lowest BCUT2D eigenvalue weighted by Crippen LogP contribution is -2.69. The molecule has 11 heteroatoms. The standard InChI is InChI=1S/C33H33NO3SSi.C17H15NO3S/c1-33(2,3)39(26-16-10-6-11-17-26,27-18-12-7-13-19-27)37-29-22-24-20-21-34-31(24)28(30(29)32(35)36-4)23-38-25-14-8-5-9-15-25;1-21-17(20)15-13(10-22-12-5-3-2-4-6-12)16-11(7-8-18-16)9-14(15)19/h5-19,21-22H,20,23H2,1-4H3;2-6,8-9,19H,7,10H2,1H3. The van der Waals surface area contributed by atoms with E-state index in [1.807, 2.05) is 72.9 Å². The van der Waals surface area contributed by atoms with Crippen LogP contribution >= 0.6 is 23.5 Å². The highest BCUT2D eigenvalue weighted by molar-refractivity contribution is 7.98. The van der Waals surface area contributed by atoms with Gasteiger partial charge in [0.15, 0.2) is 0 Å². The van der Waals surface area contributed by atoms with Crippen LogP contribution in [0.2, 0.25) is 5.04 Å². The molecule has 6 aromatic carbocycles. The molecule has 0 amide bonds. The summed E-state index contributed by atoms with van der Waals surface area (Å²) in [5.74, 6) is 0.709. The second-order valence-corrected chi connectivity index (χ2v) is 21.8. The molecule has 0 spiro atoms. The first kappa shape index (κ1) is 43.2. The molecule has 0 fully saturated rings. The third kappa shape index (κ3) is 9.24. The molecule has 0 unspecified atom stereocenters. The highest BCUT2D eigenvalue weighted by Crippen LogP contribution is 2.45. The smallest absolute Gasteiger partial charge is 0.342 e. The molecule has 0 saturated carbocycles. The van der Waals surface area contributed by atoms with E-state index in [-0.39, 0.29) is 16.4 Å². The Kier molecular flexibility index (Phi) is 13.6. The monoisotopic (exact) mass is 864 g/mol. The maximum absolute atomic E-state index is 13.5. The second-order valence-electron chi connectivity index (χ2n) is 15.5. The summed E-state index contributed by atoms with van der Waals surface area (Å²) in [6.45, 7) is 6.71. The Morgan fingerprint density at radius 3 is 1.48 bits per heavy atom. The molecule has 0 aromatic heterocycles. The quantitative estimate of drug-likeness (QED) is 0.0736. The summed E-state index contributed by atoms with van der Waals surface area (Å²) in [5, 5.41) is 12.2. The Balaban J connectivity index is 0.000000215. The predicted octanol–water partition coefficient (Wildman–Crippen LogP) is 10.7. The molecular formula is C50H48N2O6S2Si. The Labute approximate surface area is 367 Å². The van der Waals surface area contributed by atoms with Crippen LogP contribution in [0.25, 0.3) is 0 Å². The second kappa shape index (κ2) is 19.2. The van der Waals surface area contributed by atoms with Gasteiger partial charge in [-0.2, -0.15) is 0 Å². The van der Waals surface area contributed by atoms with Gasteiger partial charge in [-0.25, -0.2) is 9.59 Å². The molecule has 2 heterocycles. The van der Waals surface area contributed by atoms with Crippen LogP contribution in [-0.4, -0.2) is 52.0 Å². The van der Waals surface area contributed by atoms with Crippen LogP contribution in [0.3, 0.4) is 0 Å². The van der Waals surface area contributed by atoms with Crippen molar-refractivity contribution < 1.29 is 28.6 Å². The third-order valence-corrected chi connectivity index (χ3v) is 17.7. The fourth-order valence-corrected chi connectivity index (χ4v) is 14.1. The minimum atomic E-state index is -2.98. The Morgan fingerprint density at radius 2 is 1.03 bits per heavy atom. The van der Waals surface area contributed by atoms with Gasteiger partial charge >= 0.3 is 20.3 Å². The van der Waals surface area contributed by atoms with Gasteiger partial charge < -0.3 is 19.0 Å². The summed E-state index contributed by atoms with van der Waals surface area (Å²) < 4.78 is 17.6. The van der Waals surface area contributed by atoms with Gasteiger partial charge in [0.25, 0.3) is 0 Å². The van der Waals surface area contributed by atoms with E-state index in [4.69, 9.17) is 18.9 Å². The number of hydrogen-bond donors (Lipinski definition) is 1. The number of carbonyl (C=O) groups excluding carboxylic acids is 2. The van der Waals surface area contributed by atoms with E-state index in [0.717, 1.165) is 53.8 Å². The molecule has 0 bridgehead atoms. The predicted molar refractivity (Wildman–Crippen MR) is 251 cm³/mol. The van der Waals surface area contributed by atoms with Gasteiger partial charge in [0.2, 0.25) is 0 Å². The molecular weight excluding hydrogens is 817 g/mol. The van der Waals surface area contributed by atoms with Gasteiger partial charge in [-0.05, 0) is 62.9 Å². The molecule has 310 valence electrons. The molecule has 6 aromatic rings. The zero-order valence-corrected chi connectivity index (χ0v) is 37.5. The number of hydrogen-bond acceptors (Lipinski definition) is 10. The Morgan fingerprint density at radius 1 is 0.623 bits per heavy atom. The Bertz CT molecular complexity index is 2520. The van der Waals surface area contributed by atoms with Crippen molar-refractivity contribution in [3.05, 3.63) is 167 Å². The fourth-order valence-electron chi connectivity index (χ4n) is 7.81. The van der Waals surface area contributed by atoms with Crippen LogP contribution in [0.5, 0.6) is 11.5 Å². The van der Waals surface area contributed by atoms with Crippen LogP contribution in [0.1, 0.15) is 63.7 Å². The van der Waals surface area contributed by atoms with Crippen LogP contribution in [0, 0.1) is 0 Å². The zero-order chi connectivity index (χ0) is 43.0. The maximum atomic E-state index is 13.5. The number of benzene rings is 6. The van der Waals surface area contributed by atoms with E-state index in [2.05, 4.69) is 86.4 Å². The molecule has 61 heavy (non-hydrogen) atoms. The van der Waals surface area contributed by atoms with Crippen molar-refractivity contribution in [3.63, 3.8) is 0 Å². The summed E-state index contributed by atoms with van der Waals surface area (Å²) in [5.41, 5.74) is 5.90. The van der Waals surface area contributed by atoms with Gasteiger partial charge in [0.05, 0.1) is 25.6 Å². The average Bonchev–Trinajstić information content (AvgIpc) is 3.97. The average molecular weight is 865 g/mol. The number of phenols is 1. The van der Waals surface area contributed by atoms with E-state index in [9.17, 15) is 14.7 Å². The molecule has 0 aliphatic carbocycles. The maximum Gasteiger partial charge on any atom is 0.342 e. The number of rotatable bonds is 12. The highest BCUT2D eigenvalue weighted by Gasteiger charge is 2.52. The molecule has 0 saturated heterocycles. The summed E-state index contributed by atoms with van der Waals surface area (Å²) >= 11 is 3.28. The summed E-state index contributed by atoms with van der Waals surface area (Å²) in [4.78, 5) is 36.8. The molecule has 8 rings (SSSR count). The molecule has 8 nitrogen and oxygen atoms in total. The lowest BCUT2D eigenvalue weighted by Gasteiger charge is -2.43. The number of aliphatic imine (C=N–C) groups is 2. The summed E-state index contributed by atoms with van der Waals surface area (Å²) in [6.07, 6.45) is 5.08. The topological polar surface area (TPSA) is 107 Å². The number of fused-ring (bicyclic) bond motifs is 2. The van der Waals surface area contributed by atoms with Gasteiger partial charge in [-0.15, -0.1) is 23.5 Å². The number of esters is 2. The first-order valence-corrected chi connectivity index (χ1v) is 23.9. The van der Waals surface area contributed by atoms with Gasteiger partial charge in [0.1, 0.15) is 22.6 Å². The van der Waals surface area contributed by atoms with Gasteiger partial charge in [0, 0.05) is 57.7 Å². The minimum absolute atomic E-state index is 0.0419. The number of ether oxygens (including phenoxy) is 2. The largest absolute Gasteiger partial charge is 0.533 e. The van der Waals surface area contributed by atoms with E-state index in [1.54, 1.807) is 35.8 Å². The van der Waals surface area contributed by atoms with Crippen molar-refractivity contribution in [1.82, 2.24) is 0 Å². The first-order valence-electron chi connectivity index (χ1n) is 20.0. The van der Waals surface area contributed by atoms with E-state index < -0.39 is 20.3 Å². The van der Waals surface area contributed by atoms with Crippen molar-refractivity contribution in [2.45, 2.75) is 59.9 Å². The number of phenolic OH excluding ortho intramolecular Hbond substituents is 1. The lowest BCUT2D eigenvalue weighted by molar-refractivity contribution is 0.0587. The van der Waals surface area contributed by atoms with E-state index in [0.29, 0.717) is 35.7 Å². The first-order chi connectivity index (χ1) is 29.6. The number of thioether (sulfide) groups is 2. The lowest BCUT2D eigenvalue weighted by atomic mass is 10.0. The van der Waals surface area contributed by atoms with Crippen molar-refractivity contribution in [2.75, 3.05) is 14.2 Å². The van der Waals surface area contributed by atoms with E-state index >= 15 is 0 Å². The highest BCUT2D eigenvalue weighted by atomic mass is 32.2. The third-order valence-electron chi connectivity index (χ3n) is 10.7. The van der Waals surface area contributed by atoms with Crippen molar-refractivity contribution in [1.29, 1.82) is 0 Å². The molecule has 0 atom stereocenters. The molecule has 1 N–H and O–H groups in total. The normalized spacial score (nSPS) is 12.5. The van der Waals surface area contributed by atoms with Crippen LogP contribution in [0.15, 0.2) is 153 Å². The Hall–Kier alpha value is -5.88. The van der Waals surface area contributed by atoms with Crippen LogP contribution in [-0.2, 0) is 33.8 Å². The van der Waals surface area contributed by atoms with E-state index in [1.165, 1.54) is 14.2 Å². The summed E-state index contributed by atoms with van der Waals surface area (Å²) in [6, 6.07) is 44.7. The van der Waals surface area contributed by atoms with Crippen molar-refractivity contribution in [3.8, 4) is 11.5 Å². The fraction of sp³-hybridized carbons (Fsp3) is 0.200. The SMILES string of the molecule is COC(=O)c1c(O)cc2c(c1CSc1ccccc1)N=CC2.COC(=O)c1c(O[Si](c2ccccc2)(c2ccccc2)C(C)(C)C)cc2c(c1CSc1ccccc1)N=CC2. The van der Waals surface area contributed by atoms with Crippen LogP contribution < -0.4 is 14.8 Å². The van der Waals surface area contributed by atoms with Gasteiger partial charge in [-0.1, -0.05) is 118 Å².